The highest BCUT2D eigenvalue weighted by Crippen LogP contribution is 2.38. The van der Waals surface area contributed by atoms with Gasteiger partial charge >= 0.3 is 0 Å². The fourth-order valence-electron chi connectivity index (χ4n) is 4.76. The minimum atomic E-state index is -0.246. The van der Waals surface area contributed by atoms with E-state index in [1.54, 1.807) is 18.3 Å². The maximum atomic E-state index is 13.1. The van der Waals surface area contributed by atoms with Crippen molar-refractivity contribution in [2.24, 2.45) is 16.1 Å². The van der Waals surface area contributed by atoms with Gasteiger partial charge in [0, 0.05) is 24.2 Å². The van der Waals surface area contributed by atoms with Gasteiger partial charge in [0.05, 0.1) is 35.2 Å². The van der Waals surface area contributed by atoms with E-state index in [1.165, 1.54) is 29.0 Å². The zero-order chi connectivity index (χ0) is 20.7. The number of rotatable bonds is 3. The van der Waals surface area contributed by atoms with E-state index in [-0.39, 0.29) is 11.9 Å². The van der Waals surface area contributed by atoms with Gasteiger partial charge in [-0.1, -0.05) is 11.6 Å². The Morgan fingerprint density at radius 3 is 2.70 bits per heavy atom. The molecule has 0 bridgehead atoms. The van der Waals surface area contributed by atoms with Crippen molar-refractivity contribution in [3.63, 3.8) is 0 Å². The molecule has 7 heteroatoms. The van der Waals surface area contributed by atoms with Crippen molar-refractivity contribution in [3.05, 3.63) is 57.5 Å². The van der Waals surface area contributed by atoms with Crippen molar-refractivity contribution in [1.29, 1.82) is 0 Å². The van der Waals surface area contributed by atoms with E-state index < -0.39 is 0 Å². The molecular weight excluding hydrogens is 403 g/mol. The number of hydrogen-bond donors (Lipinski definition) is 1. The standard InChI is InChI=1S/C23H24ClFN4O/c1-29-11-10-19(24)21(22-23(29)18-12-26-27-13-20(18)28-22)14-2-6-16(7-3-14)30-17-8-4-15(25)5-9-17/h4-5,8-10,13-14,16,28H,2-3,6-7,11-12H2,1H3/t14-,16-. The van der Waals surface area contributed by atoms with Gasteiger partial charge in [0.2, 0.25) is 0 Å². The molecule has 1 aliphatic carbocycles. The summed E-state index contributed by atoms with van der Waals surface area (Å²) in [5, 5.41) is 11.2. The summed E-state index contributed by atoms with van der Waals surface area (Å²) >= 11 is 6.81. The summed E-state index contributed by atoms with van der Waals surface area (Å²) in [4.78, 5) is 5.81. The Morgan fingerprint density at radius 1 is 1.17 bits per heavy atom. The molecule has 5 nitrogen and oxygen atoms in total. The molecule has 1 aromatic carbocycles. The Labute approximate surface area is 179 Å². The number of H-pyrrole nitrogens is 1. The summed E-state index contributed by atoms with van der Waals surface area (Å²) in [6.07, 6.45) is 7.92. The molecule has 0 spiro atoms. The summed E-state index contributed by atoms with van der Waals surface area (Å²) in [5.41, 5.74) is 3.57. The lowest BCUT2D eigenvalue weighted by molar-refractivity contribution is 0.143. The van der Waals surface area contributed by atoms with Crippen LogP contribution >= 0.6 is 11.6 Å². The Balaban J connectivity index is 1.43. The van der Waals surface area contributed by atoms with Gasteiger partial charge in [-0.05, 0) is 67.5 Å². The normalized spacial score (nSPS) is 23.2. The largest absolute Gasteiger partial charge is 0.490 e. The Bertz CT molecular complexity index is 1130. The first kappa shape index (κ1) is 19.4. The lowest BCUT2D eigenvalue weighted by Gasteiger charge is -2.30. The van der Waals surface area contributed by atoms with E-state index >= 15 is 0 Å². The summed E-state index contributed by atoms with van der Waals surface area (Å²) in [7, 11) is 2.09. The van der Waals surface area contributed by atoms with Crippen molar-refractivity contribution in [2.45, 2.75) is 38.3 Å². The lowest BCUT2D eigenvalue weighted by atomic mass is 9.81. The van der Waals surface area contributed by atoms with Crippen LogP contribution in [0.2, 0.25) is 0 Å². The van der Waals surface area contributed by atoms with Crippen molar-refractivity contribution in [1.82, 2.24) is 4.98 Å². The van der Waals surface area contributed by atoms with Crippen LogP contribution in [0.15, 0.2) is 45.6 Å². The Kier molecular flexibility index (Phi) is 5.11. The third kappa shape index (κ3) is 3.54. The highest BCUT2D eigenvalue weighted by molar-refractivity contribution is 6.36. The van der Waals surface area contributed by atoms with Crippen LogP contribution in [0, 0.1) is 11.7 Å². The van der Waals surface area contributed by atoms with Gasteiger partial charge in [0.25, 0.3) is 0 Å². The molecule has 0 amide bonds. The van der Waals surface area contributed by atoms with Crippen LogP contribution in [0.1, 0.15) is 31.2 Å². The molecule has 156 valence electrons. The molecule has 2 aliphatic heterocycles. The lowest BCUT2D eigenvalue weighted by Crippen LogP contribution is -2.28. The number of aromatic nitrogens is 1. The summed E-state index contributed by atoms with van der Waals surface area (Å²) < 4.78 is 19.2. The van der Waals surface area contributed by atoms with Crippen molar-refractivity contribution >= 4 is 29.1 Å². The number of ether oxygens (including phenoxy) is 1. The van der Waals surface area contributed by atoms with Crippen LogP contribution in [-0.2, 0) is 6.54 Å². The molecule has 3 aliphatic rings. The zero-order valence-electron chi connectivity index (χ0n) is 16.9. The number of nitrogens with zero attached hydrogens (tertiary/aromatic N) is 3. The van der Waals surface area contributed by atoms with Gasteiger partial charge in [-0.15, -0.1) is 0 Å². The maximum Gasteiger partial charge on any atom is 0.123 e. The highest BCUT2D eigenvalue weighted by atomic mass is 35.5. The first-order valence-corrected chi connectivity index (χ1v) is 10.8. The second-order valence-corrected chi connectivity index (χ2v) is 8.58. The van der Waals surface area contributed by atoms with Crippen LogP contribution in [0.25, 0.3) is 11.8 Å². The van der Waals surface area contributed by atoms with Gasteiger partial charge in [-0.3, -0.25) is 0 Å². The number of likely N-dealkylation sites (N-methyl/N-ethyl adjacent to an activating group) is 1. The molecule has 0 unspecified atom stereocenters. The molecule has 0 saturated heterocycles. The van der Waals surface area contributed by atoms with Crippen molar-refractivity contribution in [3.8, 4) is 5.75 Å². The monoisotopic (exact) mass is 426 g/mol. The number of halogens is 2. The number of aromatic amines is 1. The smallest absolute Gasteiger partial charge is 0.123 e. The van der Waals surface area contributed by atoms with E-state index in [4.69, 9.17) is 16.3 Å². The Morgan fingerprint density at radius 2 is 1.93 bits per heavy atom. The maximum absolute atomic E-state index is 13.1. The molecular formula is C23H24ClFN4O. The van der Waals surface area contributed by atoms with Crippen LogP contribution in [0.4, 0.5) is 10.1 Å². The Hall–Kier alpha value is -2.60. The van der Waals surface area contributed by atoms with Gasteiger partial charge in [-0.2, -0.15) is 10.2 Å². The first-order chi connectivity index (χ1) is 14.6. The quantitative estimate of drug-likeness (QED) is 0.798. The molecule has 5 rings (SSSR count). The number of hydrogen-bond acceptors (Lipinski definition) is 4. The van der Waals surface area contributed by atoms with E-state index in [0.717, 1.165) is 53.7 Å². The molecule has 3 heterocycles. The van der Waals surface area contributed by atoms with Gasteiger partial charge in [0.1, 0.15) is 11.6 Å². The first-order valence-electron chi connectivity index (χ1n) is 10.4. The predicted molar refractivity (Wildman–Crippen MR) is 116 cm³/mol. The number of fused-ring (bicyclic) bond motifs is 3. The SMILES string of the molecule is CN1CC=C(Cl)C([C@H]2CC[C@H](Oc3ccc(F)cc3)CC2)=c2[nH]c3c(c21)CN=NC=3. The molecule has 1 saturated carbocycles. The van der Waals surface area contributed by atoms with Crippen LogP contribution in [0.5, 0.6) is 5.75 Å². The fourth-order valence-corrected chi connectivity index (χ4v) is 5.07. The van der Waals surface area contributed by atoms with Crippen molar-refractivity contribution < 1.29 is 9.13 Å². The third-order valence-electron chi connectivity index (χ3n) is 6.26. The molecule has 30 heavy (non-hydrogen) atoms. The summed E-state index contributed by atoms with van der Waals surface area (Å²) in [6, 6.07) is 6.26. The van der Waals surface area contributed by atoms with Crippen LogP contribution < -0.4 is 20.3 Å². The zero-order valence-corrected chi connectivity index (χ0v) is 17.6. The second kappa shape index (κ2) is 7.91. The number of allylic oxidation sites excluding steroid dienone is 1. The number of anilines is 1. The topological polar surface area (TPSA) is 53.0 Å². The van der Waals surface area contributed by atoms with Gasteiger partial charge in [0.15, 0.2) is 0 Å². The minimum Gasteiger partial charge on any atom is -0.490 e. The van der Waals surface area contributed by atoms with E-state index in [2.05, 4.69) is 33.2 Å². The average Bonchev–Trinajstić information content (AvgIpc) is 3.08. The molecule has 1 aromatic heterocycles. The van der Waals surface area contributed by atoms with Crippen LogP contribution in [-0.4, -0.2) is 24.7 Å². The molecule has 1 N–H and O–H groups in total. The van der Waals surface area contributed by atoms with Gasteiger partial charge < -0.3 is 14.6 Å². The molecule has 0 atom stereocenters. The molecule has 2 aromatic rings. The van der Waals surface area contributed by atoms with Crippen molar-refractivity contribution in [2.75, 3.05) is 18.5 Å². The predicted octanol–water partition coefficient (Wildman–Crippen LogP) is 4.22. The summed E-state index contributed by atoms with van der Waals surface area (Å²) in [6.45, 7) is 1.35. The molecule has 0 radical (unpaired) electrons. The van der Waals surface area contributed by atoms with E-state index in [0.29, 0.717) is 12.5 Å². The van der Waals surface area contributed by atoms with Crippen LogP contribution in [0.3, 0.4) is 0 Å². The van der Waals surface area contributed by atoms with E-state index in [1.807, 2.05) is 0 Å². The highest BCUT2D eigenvalue weighted by Gasteiger charge is 2.30. The number of benzene rings is 1. The number of azo groups is 1. The second-order valence-electron chi connectivity index (χ2n) is 8.18. The molecule has 1 fully saturated rings. The fraction of sp³-hybridized carbons (Fsp3) is 0.391. The summed E-state index contributed by atoms with van der Waals surface area (Å²) in [5.74, 6) is 0.842. The third-order valence-corrected chi connectivity index (χ3v) is 6.61. The van der Waals surface area contributed by atoms with Gasteiger partial charge in [-0.25, -0.2) is 4.39 Å². The average molecular weight is 427 g/mol. The van der Waals surface area contributed by atoms with E-state index in [9.17, 15) is 4.39 Å². The number of nitrogens with one attached hydrogen (secondary N) is 1. The minimum absolute atomic E-state index is 0.144.